The number of fused-ring (bicyclic) bond motifs is 2. The summed E-state index contributed by atoms with van der Waals surface area (Å²) in [5.41, 5.74) is 3.34. The zero-order valence-corrected chi connectivity index (χ0v) is 15.8. The third-order valence-corrected chi connectivity index (χ3v) is 4.93. The number of halogens is 1. The number of nitrogens with one attached hydrogen (secondary N) is 2. The molecule has 0 spiro atoms. The lowest BCUT2D eigenvalue weighted by Gasteiger charge is -2.10. The second kappa shape index (κ2) is 8.38. The quantitative estimate of drug-likeness (QED) is 0.411. The zero-order valence-electron chi connectivity index (χ0n) is 15.1. The minimum Gasteiger partial charge on any atom is -0.384 e. The number of aromatic nitrogens is 1. The molecule has 0 unspecified atom stereocenters. The third kappa shape index (κ3) is 4.38. The van der Waals surface area contributed by atoms with E-state index in [4.69, 9.17) is 11.6 Å². The van der Waals surface area contributed by atoms with E-state index in [0.717, 1.165) is 42.6 Å². The molecule has 4 aromatic rings. The van der Waals surface area contributed by atoms with Crippen LogP contribution in [0.3, 0.4) is 0 Å². The Morgan fingerprint density at radius 1 is 0.852 bits per heavy atom. The summed E-state index contributed by atoms with van der Waals surface area (Å²) in [4.78, 5) is 4.38. The van der Waals surface area contributed by atoms with E-state index < -0.39 is 0 Å². The molecule has 4 heteroatoms. The van der Waals surface area contributed by atoms with Gasteiger partial charge in [0, 0.05) is 35.4 Å². The lowest BCUT2D eigenvalue weighted by molar-refractivity contribution is 0.664. The molecule has 0 radical (unpaired) electrons. The summed E-state index contributed by atoms with van der Waals surface area (Å²) in [7, 11) is 0. The van der Waals surface area contributed by atoms with Gasteiger partial charge in [-0.2, -0.15) is 0 Å². The first-order valence-electron chi connectivity index (χ1n) is 9.26. The van der Waals surface area contributed by atoms with Gasteiger partial charge in [0.05, 0.1) is 5.52 Å². The minimum atomic E-state index is 0.713. The van der Waals surface area contributed by atoms with Gasteiger partial charge in [0.2, 0.25) is 0 Å². The fourth-order valence-electron chi connectivity index (χ4n) is 3.29. The number of hydrogen-bond donors (Lipinski definition) is 2. The molecule has 0 amide bonds. The van der Waals surface area contributed by atoms with E-state index in [1.54, 1.807) is 0 Å². The lowest BCUT2D eigenvalue weighted by atomic mass is 10.1. The summed E-state index contributed by atoms with van der Waals surface area (Å²) >= 11 is 6.05. The maximum Gasteiger partial charge on any atom is 0.0737 e. The molecule has 0 atom stereocenters. The van der Waals surface area contributed by atoms with Gasteiger partial charge in [-0.15, -0.1) is 0 Å². The monoisotopic (exact) mass is 375 g/mol. The molecule has 0 saturated heterocycles. The SMILES string of the molecule is Clc1ccc2c(NCCCNCc3ccc4ccccc4c3)ccnc2c1. The highest BCUT2D eigenvalue weighted by Crippen LogP contribution is 2.24. The Bertz CT molecular complexity index is 1060. The van der Waals surface area contributed by atoms with E-state index in [9.17, 15) is 0 Å². The van der Waals surface area contributed by atoms with Crippen LogP contribution in [0, 0.1) is 0 Å². The fraction of sp³-hybridized carbons (Fsp3) is 0.174. The van der Waals surface area contributed by atoms with Gasteiger partial charge in [0.25, 0.3) is 0 Å². The largest absolute Gasteiger partial charge is 0.384 e. The number of anilines is 1. The molecule has 3 nitrogen and oxygen atoms in total. The van der Waals surface area contributed by atoms with Crippen molar-refractivity contribution in [1.29, 1.82) is 0 Å². The molecular formula is C23H22ClN3. The van der Waals surface area contributed by atoms with Crippen molar-refractivity contribution in [2.75, 3.05) is 18.4 Å². The van der Waals surface area contributed by atoms with E-state index in [1.165, 1.54) is 16.3 Å². The van der Waals surface area contributed by atoms with E-state index >= 15 is 0 Å². The van der Waals surface area contributed by atoms with Gasteiger partial charge in [-0.3, -0.25) is 4.98 Å². The van der Waals surface area contributed by atoms with Crippen LogP contribution in [0.25, 0.3) is 21.7 Å². The average Bonchev–Trinajstić information content (AvgIpc) is 2.70. The Morgan fingerprint density at radius 3 is 2.67 bits per heavy atom. The first kappa shape index (κ1) is 17.8. The van der Waals surface area contributed by atoms with Crippen LogP contribution in [0.1, 0.15) is 12.0 Å². The summed E-state index contributed by atoms with van der Waals surface area (Å²) in [6, 6.07) is 22.9. The number of hydrogen-bond acceptors (Lipinski definition) is 3. The molecule has 3 aromatic carbocycles. The Hall–Kier alpha value is -2.62. The molecule has 27 heavy (non-hydrogen) atoms. The molecular weight excluding hydrogens is 354 g/mol. The molecule has 0 saturated carbocycles. The Kier molecular flexibility index (Phi) is 5.52. The number of pyridine rings is 1. The molecule has 0 aliphatic heterocycles. The summed E-state index contributed by atoms with van der Waals surface area (Å²) in [6.07, 6.45) is 2.87. The van der Waals surface area contributed by atoms with Crippen LogP contribution in [0.4, 0.5) is 5.69 Å². The van der Waals surface area contributed by atoms with Crippen LogP contribution in [-0.2, 0) is 6.54 Å². The molecule has 1 aromatic heterocycles. The highest BCUT2D eigenvalue weighted by Gasteiger charge is 2.02. The molecule has 0 bridgehead atoms. The van der Waals surface area contributed by atoms with Crippen LogP contribution in [0.2, 0.25) is 5.02 Å². The van der Waals surface area contributed by atoms with Gasteiger partial charge >= 0.3 is 0 Å². The fourth-order valence-corrected chi connectivity index (χ4v) is 3.46. The zero-order chi connectivity index (χ0) is 18.5. The van der Waals surface area contributed by atoms with Crippen molar-refractivity contribution in [3.63, 3.8) is 0 Å². The number of benzene rings is 3. The highest BCUT2D eigenvalue weighted by atomic mass is 35.5. The second-order valence-corrected chi connectivity index (χ2v) is 7.10. The van der Waals surface area contributed by atoms with Gasteiger partial charge in [-0.1, -0.05) is 48.0 Å². The van der Waals surface area contributed by atoms with Gasteiger partial charge in [0.15, 0.2) is 0 Å². The van der Waals surface area contributed by atoms with Crippen molar-refractivity contribution in [3.05, 3.63) is 83.5 Å². The van der Waals surface area contributed by atoms with Crippen molar-refractivity contribution in [2.45, 2.75) is 13.0 Å². The van der Waals surface area contributed by atoms with Crippen molar-refractivity contribution in [2.24, 2.45) is 0 Å². The molecule has 4 rings (SSSR count). The Balaban J connectivity index is 1.26. The minimum absolute atomic E-state index is 0.713. The first-order valence-corrected chi connectivity index (χ1v) is 9.64. The standard InChI is InChI=1S/C23H22ClN3/c24-20-8-9-21-22(10-13-27-23(21)15-20)26-12-3-11-25-16-17-6-7-18-4-1-2-5-19(18)14-17/h1-2,4-10,13-15,25H,3,11-12,16H2,(H,26,27). The Morgan fingerprint density at radius 2 is 1.74 bits per heavy atom. The van der Waals surface area contributed by atoms with Crippen LogP contribution in [-0.4, -0.2) is 18.1 Å². The van der Waals surface area contributed by atoms with Crippen LogP contribution >= 0.6 is 11.6 Å². The molecule has 136 valence electrons. The molecule has 0 fully saturated rings. The normalized spacial score (nSPS) is 11.1. The highest BCUT2D eigenvalue weighted by molar-refractivity contribution is 6.31. The average molecular weight is 376 g/mol. The summed E-state index contributed by atoms with van der Waals surface area (Å²) in [6.45, 7) is 2.77. The van der Waals surface area contributed by atoms with Crippen molar-refractivity contribution in [3.8, 4) is 0 Å². The Labute approximate surface area is 164 Å². The van der Waals surface area contributed by atoms with Crippen LogP contribution in [0.5, 0.6) is 0 Å². The molecule has 1 heterocycles. The topological polar surface area (TPSA) is 37.0 Å². The maximum absolute atomic E-state index is 6.05. The van der Waals surface area contributed by atoms with Crippen LogP contribution in [0.15, 0.2) is 72.9 Å². The van der Waals surface area contributed by atoms with Gasteiger partial charge in [0.1, 0.15) is 0 Å². The van der Waals surface area contributed by atoms with Crippen LogP contribution < -0.4 is 10.6 Å². The van der Waals surface area contributed by atoms with E-state index in [0.29, 0.717) is 5.02 Å². The summed E-state index contributed by atoms with van der Waals surface area (Å²) in [5.74, 6) is 0. The van der Waals surface area contributed by atoms with E-state index in [2.05, 4.69) is 58.1 Å². The summed E-state index contributed by atoms with van der Waals surface area (Å²) in [5, 5.41) is 11.4. The van der Waals surface area contributed by atoms with Crippen molar-refractivity contribution < 1.29 is 0 Å². The predicted molar refractivity (Wildman–Crippen MR) is 116 cm³/mol. The van der Waals surface area contributed by atoms with Gasteiger partial charge < -0.3 is 10.6 Å². The van der Waals surface area contributed by atoms with E-state index in [1.807, 2.05) is 30.5 Å². The molecule has 0 aliphatic rings. The number of rotatable bonds is 7. The van der Waals surface area contributed by atoms with Gasteiger partial charge in [-0.05, 0) is 59.6 Å². The first-order chi connectivity index (χ1) is 13.3. The smallest absolute Gasteiger partial charge is 0.0737 e. The van der Waals surface area contributed by atoms with Crippen molar-refractivity contribution in [1.82, 2.24) is 10.3 Å². The second-order valence-electron chi connectivity index (χ2n) is 6.66. The van der Waals surface area contributed by atoms with Gasteiger partial charge in [-0.25, -0.2) is 0 Å². The molecule has 0 aliphatic carbocycles. The predicted octanol–water partition coefficient (Wildman–Crippen LogP) is 5.63. The van der Waals surface area contributed by atoms with E-state index in [-0.39, 0.29) is 0 Å². The summed E-state index contributed by atoms with van der Waals surface area (Å²) < 4.78 is 0. The van der Waals surface area contributed by atoms with Crippen molar-refractivity contribution >= 4 is 39.0 Å². The molecule has 2 N–H and O–H groups in total. The maximum atomic E-state index is 6.05. The number of nitrogens with zero attached hydrogens (tertiary/aromatic N) is 1. The third-order valence-electron chi connectivity index (χ3n) is 4.69. The lowest BCUT2D eigenvalue weighted by Crippen LogP contribution is -2.17.